The van der Waals surface area contributed by atoms with E-state index in [1.807, 2.05) is 20.8 Å². The first-order chi connectivity index (χ1) is 20.1. The third kappa shape index (κ3) is 10.9. The number of benzene rings is 1. The maximum atomic E-state index is 13.6. The van der Waals surface area contributed by atoms with Crippen LogP contribution in [0.5, 0.6) is 5.75 Å². The Bertz CT molecular complexity index is 1200. The average molecular weight is 611 g/mol. The zero-order valence-electron chi connectivity index (χ0n) is 24.9. The molecule has 10 nitrogen and oxygen atoms in total. The van der Waals surface area contributed by atoms with Gasteiger partial charge in [0.2, 0.25) is 23.5 Å². The molecule has 2 aliphatic rings. The molecule has 0 radical (unpaired) electrons. The lowest BCUT2D eigenvalue weighted by Crippen LogP contribution is -2.55. The van der Waals surface area contributed by atoms with E-state index in [9.17, 15) is 37.1 Å². The lowest BCUT2D eigenvalue weighted by Gasteiger charge is -2.29. The largest absolute Gasteiger partial charge is 0.573 e. The molecular weight excluding hydrogens is 569 g/mol. The van der Waals surface area contributed by atoms with Crippen molar-refractivity contribution in [2.75, 3.05) is 6.54 Å². The molecule has 4 amide bonds. The normalized spacial score (nSPS) is 19.0. The fraction of sp³-hybridized carbons (Fsp3) is 0.633. The van der Waals surface area contributed by atoms with Crippen LogP contribution in [0.4, 0.5) is 13.2 Å². The second kappa shape index (κ2) is 14.2. The van der Waals surface area contributed by atoms with Gasteiger partial charge in [0.15, 0.2) is 0 Å². The van der Waals surface area contributed by atoms with E-state index in [4.69, 9.17) is 0 Å². The third-order valence-corrected chi connectivity index (χ3v) is 7.43. The molecule has 13 heteroatoms. The van der Waals surface area contributed by atoms with Gasteiger partial charge in [-0.3, -0.25) is 24.0 Å². The van der Waals surface area contributed by atoms with Crippen LogP contribution in [0, 0.1) is 11.3 Å². The van der Waals surface area contributed by atoms with Crippen molar-refractivity contribution >= 4 is 29.4 Å². The van der Waals surface area contributed by atoms with Crippen LogP contribution in [0.25, 0.3) is 0 Å². The highest BCUT2D eigenvalue weighted by Crippen LogP contribution is 2.34. The van der Waals surface area contributed by atoms with Crippen LogP contribution in [0.1, 0.15) is 84.1 Å². The fourth-order valence-electron chi connectivity index (χ4n) is 5.11. The van der Waals surface area contributed by atoms with E-state index in [0.717, 1.165) is 12.8 Å². The van der Waals surface area contributed by atoms with E-state index in [-0.39, 0.29) is 36.8 Å². The van der Waals surface area contributed by atoms with Crippen molar-refractivity contribution in [3.63, 3.8) is 0 Å². The van der Waals surface area contributed by atoms with Crippen LogP contribution in [0.15, 0.2) is 24.3 Å². The van der Waals surface area contributed by atoms with E-state index < -0.39 is 65.0 Å². The minimum atomic E-state index is -4.91. The Morgan fingerprint density at radius 2 is 1.70 bits per heavy atom. The zero-order valence-corrected chi connectivity index (χ0v) is 24.9. The number of halogens is 3. The minimum Gasteiger partial charge on any atom is -0.405 e. The first kappa shape index (κ1) is 33.9. The van der Waals surface area contributed by atoms with Crippen molar-refractivity contribution in [2.45, 2.75) is 103 Å². The first-order valence-corrected chi connectivity index (χ1v) is 14.6. The Hall–Kier alpha value is -3.64. The number of carbonyl (C=O) groups excluding carboxylic acids is 5. The highest BCUT2D eigenvalue weighted by molar-refractivity contribution is 6.38. The van der Waals surface area contributed by atoms with Crippen LogP contribution < -0.4 is 26.0 Å². The van der Waals surface area contributed by atoms with Crippen LogP contribution in [-0.2, 0) is 24.0 Å². The fourth-order valence-corrected chi connectivity index (χ4v) is 5.11. The van der Waals surface area contributed by atoms with Crippen molar-refractivity contribution in [3.05, 3.63) is 29.8 Å². The Morgan fingerprint density at radius 3 is 2.26 bits per heavy atom. The molecule has 1 aromatic carbocycles. The van der Waals surface area contributed by atoms with E-state index in [2.05, 4.69) is 26.0 Å². The molecule has 238 valence electrons. The van der Waals surface area contributed by atoms with Crippen LogP contribution in [0.2, 0.25) is 0 Å². The first-order valence-electron chi connectivity index (χ1n) is 14.6. The summed E-state index contributed by atoms with van der Waals surface area (Å²) in [5.74, 6) is -4.87. The van der Waals surface area contributed by atoms with Gasteiger partial charge in [-0.15, -0.1) is 13.2 Å². The number of amides is 4. The molecule has 4 atom stereocenters. The van der Waals surface area contributed by atoms with Gasteiger partial charge in [-0.2, -0.15) is 0 Å². The average Bonchev–Trinajstić information content (AvgIpc) is 3.63. The Labute approximate surface area is 249 Å². The van der Waals surface area contributed by atoms with Crippen molar-refractivity contribution < 1.29 is 41.9 Å². The molecule has 0 aromatic heterocycles. The van der Waals surface area contributed by atoms with Crippen LogP contribution >= 0.6 is 0 Å². The number of ether oxygens (including phenoxy) is 1. The second-order valence-corrected chi connectivity index (χ2v) is 12.5. The van der Waals surface area contributed by atoms with E-state index in [0.29, 0.717) is 19.4 Å². The maximum absolute atomic E-state index is 13.6. The molecule has 1 saturated heterocycles. The standard InChI is InChI=1S/C30H41F3N4O6/c1-5-17(20-8-6-7-9-23(20)43-30(31,32)33)15-24(38)36-22(16-29(2,3)4)27(41)37-21(14-18-12-13-34-26(18)40)25(39)28(42)35-19-10-11-19/h6-9,17-19,21-22H,5,10-16H2,1-4H3,(H,34,40)(H,35,42)(H,36,38)(H,37,41)/t17?,18-,21?,22?/m0/s1. The highest BCUT2D eigenvalue weighted by Gasteiger charge is 2.38. The number of rotatable bonds is 14. The molecule has 3 unspecified atom stereocenters. The lowest BCUT2D eigenvalue weighted by molar-refractivity contribution is -0.275. The number of hydrogen-bond donors (Lipinski definition) is 4. The number of nitrogens with one attached hydrogen (secondary N) is 4. The summed E-state index contributed by atoms with van der Waals surface area (Å²) in [5.41, 5.74) is -0.252. The number of carbonyl (C=O) groups is 5. The topological polar surface area (TPSA) is 143 Å². The highest BCUT2D eigenvalue weighted by atomic mass is 19.4. The van der Waals surface area contributed by atoms with E-state index in [1.54, 1.807) is 13.0 Å². The SMILES string of the molecule is CCC(CC(=O)NC(CC(C)(C)C)C(=O)NC(C[C@@H]1CCNC1=O)C(=O)C(=O)NC1CC1)c1ccccc1OC(F)(F)F. The Balaban J connectivity index is 1.76. The molecule has 43 heavy (non-hydrogen) atoms. The summed E-state index contributed by atoms with van der Waals surface area (Å²) in [6, 6.07) is 3.10. The quantitative estimate of drug-likeness (QED) is 0.238. The smallest absolute Gasteiger partial charge is 0.405 e. The molecular formula is C30H41F3N4O6. The predicted octanol–water partition coefficient (Wildman–Crippen LogP) is 3.25. The molecule has 0 spiro atoms. The summed E-state index contributed by atoms with van der Waals surface area (Å²) < 4.78 is 43.1. The molecule has 4 N–H and O–H groups in total. The maximum Gasteiger partial charge on any atom is 0.573 e. The molecule has 0 bridgehead atoms. The van der Waals surface area contributed by atoms with Gasteiger partial charge in [0.1, 0.15) is 11.8 Å². The van der Waals surface area contributed by atoms with E-state index >= 15 is 0 Å². The summed E-state index contributed by atoms with van der Waals surface area (Å²) in [4.78, 5) is 64.7. The van der Waals surface area contributed by atoms with Gasteiger partial charge in [-0.25, -0.2) is 0 Å². The number of alkyl halides is 3. The second-order valence-electron chi connectivity index (χ2n) is 12.5. The Kier molecular flexibility index (Phi) is 11.2. The van der Waals surface area contributed by atoms with Gasteiger partial charge in [0, 0.05) is 24.9 Å². The molecule has 1 heterocycles. The van der Waals surface area contributed by atoms with Gasteiger partial charge in [0.25, 0.3) is 5.91 Å². The molecule has 1 saturated carbocycles. The number of Topliss-reactive ketones (excluding diaryl/α,β-unsaturated/α-hetero) is 1. The zero-order chi connectivity index (χ0) is 31.9. The number of para-hydroxylation sites is 1. The van der Waals surface area contributed by atoms with Crippen molar-refractivity contribution in [2.24, 2.45) is 11.3 Å². The number of hydrogen-bond acceptors (Lipinski definition) is 6. The van der Waals surface area contributed by atoms with Gasteiger partial charge in [0.05, 0.1) is 6.04 Å². The molecule has 1 aliphatic heterocycles. The molecule has 1 aliphatic carbocycles. The third-order valence-electron chi connectivity index (χ3n) is 7.43. The predicted molar refractivity (Wildman–Crippen MR) is 151 cm³/mol. The van der Waals surface area contributed by atoms with Gasteiger partial charge < -0.3 is 26.0 Å². The van der Waals surface area contributed by atoms with Crippen molar-refractivity contribution in [1.29, 1.82) is 0 Å². The van der Waals surface area contributed by atoms with Crippen LogP contribution in [0.3, 0.4) is 0 Å². The number of ketones is 1. The van der Waals surface area contributed by atoms with Crippen molar-refractivity contribution in [1.82, 2.24) is 21.3 Å². The van der Waals surface area contributed by atoms with Gasteiger partial charge in [-0.05, 0) is 61.5 Å². The van der Waals surface area contributed by atoms with E-state index in [1.165, 1.54) is 18.2 Å². The van der Waals surface area contributed by atoms with Crippen LogP contribution in [-0.4, -0.2) is 60.4 Å². The minimum absolute atomic E-state index is 0.0709. The molecule has 1 aromatic rings. The molecule has 2 fully saturated rings. The monoisotopic (exact) mass is 610 g/mol. The summed E-state index contributed by atoms with van der Waals surface area (Å²) in [7, 11) is 0. The van der Waals surface area contributed by atoms with Gasteiger partial charge in [-0.1, -0.05) is 45.9 Å². The summed E-state index contributed by atoms with van der Waals surface area (Å²) in [5, 5.41) is 10.6. The van der Waals surface area contributed by atoms with Gasteiger partial charge >= 0.3 is 6.36 Å². The van der Waals surface area contributed by atoms with Crippen molar-refractivity contribution in [3.8, 4) is 5.75 Å². The Morgan fingerprint density at radius 1 is 1.02 bits per heavy atom. The summed E-state index contributed by atoms with van der Waals surface area (Å²) in [6.07, 6.45) is -2.77. The summed E-state index contributed by atoms with van der Waals surface area (Å²) >= 11 is 0. The molecule has 3 rings (SSSR count). The summed E-state index contributed by atoms with van der Waals surface area (Å²) in [6.45, 7) is 7.71. The lowest BCUT2D eigenvalue weighted by atomic mass is 9.87.